The Morgan fingerprint density at radius 2 is 2.21 bits per heavy atom. The number of carboxylic acids is 1. The van der Waals surface area contributed by atoms with E-state index >= 15 is 0 Å². The summed E-state index contributed by atoms with van der Waals surface area (Å²) in [6.45, 7) is 4.59. The van der Waals surface area contributed by atoms with Crippen LogP contribution < -0.4 is 0 Å². The van der Waals surface area contributed by atoms with Crippen molar-refractivity contribution in [3.8, 4) is 0 Å². The van der Waals surface area contributed by atoms with Crippen LogP contribution in [0.2, 0.25) is 0 Å². The summed E-state index contributed by atoms with van der Waals surface area (Å²) in [7, 11) is 0. The predicted molar refractivity (Wildman–Crippen MR) is 83.7 cm³/mol. The smallest absolute Gasteiger partial charge is 0.325 e. The molecule has 1 amide bonds. The van der Waals surface area contributed by atoms with Crippen LogP contribution >= 0.6 is 0 Å². The first-order valence-electron chi connectivity index (χ1n) is 7.93. The number of piperidine rings is 1. The molecule has 1 N–H and O–H groups in total. The van der Waals surface area contributed by atoms with E-state index in [1.165, 1.54) is 4.68 Å². The van der Waals surface area contributed by atoms with Gasteiger partial charge in [-0.2, -0.15) is 5.10 Å². The second-order valence-electron chi connectivity index (χ2n) is 6.12. The van der Waals surface area contributed by atoms with Crippen molar-refractivity contribution in [2.24, 2.45) is 0 Å². The van der Waals surface area contributed by atoms with Crippen molar-refractivity contribution in [1.82, 2.24) is 19.8 Å². The molecule has 0 aliphatic carbocycles. The third kappa shape index (κ3) is 3.17. The zero-order valence-electron chi connectivity index (χ0n) is 13.7. The highest BCUT2D eigenvalue weighted by Gasteiger charge is 2.29. The maximum absolute atomic E-state index is 12.8. The highest BCUT2D eigenvalue weighted by Crippen LogP contribution is 2.27. The number of aliphatic carboxylic acids is 1. The molecule has 24 heavy (non-hydrogen) atoms. The van der Waals surface area contributed by atoms with Crippen LogP contribution in [0.15, 0.2) is 16.8 Å². The topological polar surface area (TPSA) is 101 Å². The molecule has 0 aromatic carbocycles. The van der Waals surface area contributed by atoms with Gasteiger partial charge in [-0.25, -0.2) is 0 Å². The van der Waals surface area contributed by atoms with Crippen LogP contribution in [0.4, 0.5) is 0 Å². The third-order valence-electron chi connectivity index (χ3n) is 4.33. The average molecular weight is 332 g/mol. The van der Waals surface area contributed by atoms with E-state index in [1.807, 2.05) is 6.07 Å². The maximum atomic E-state index is 12.8. The number of hydrogen-bond acceptors (Lipinski definition) is 5. The Morgan fingerprint density at radius 3 is 2.88 bits per heavy atom. The van der Waals surface area contributed by atoms with Crippen molar-refractivity contribution in [1.29, 1.82) is 0 Å². The van der Waals surface area contributed by atoms with E-state index in [2.05, 4.69) is 10.3 Å². The number of aromatic nitrogens is 3. The molecule has 128 valence electrons. The number of carbonyl (C=O) groups is 2. The molecule has 1 saturated heterocycles. The summed E-state index contributed by atoms with van der Waals surface area (Å²) in [5.41, 5.74) is 1.96. The number of hydrogen-bond donors (Lipinski definition) is 1. The zero-order chi connectivity index (χ0) is 17.3. The van der Waals surface area contributed by atoms with Gasteiger partial charge in [0.2, 0.25) is 0 Å². The van der Waals surface area contributed by atoms with Gasteiger partial charge in [-0.3, -0.25) is 14.3 Å². The minimum Gasteiger partial charge on any atom is -0.480 e. The lowest BCUT2D eigenvalue weighted by atomic mass is 9.94. The Kier molecular flexibility index (Phi) is 4.37. The molecule has 8 nitrogen and oxygen atoms in total. The van der Waals surface area contributed by atoms with E-state index in [0.717, 1.165) is 18.5 Å². The highest BCUT2D eigenvalue weighted by atomic mass is 16.5. The molecule has 0 spiro atoms. The minimum atomic E-state index is -0.927. The van der Waals surface area contributed by atoms with Gasteiger partial charge in [0.25, 0.3) is 5.91 Å². The number of carboxylic acid groups (broad SMARTS) is 1. The molecule has 3 heterocycles. The van der Waals surface area contributed by atoms with Crippen molar-refractivity contribution in [3.05, 3.63) is 35.0 Å². The molecule has 1 aliphatic rings. The Morgan fingerprint density at radius 1 is 1.42 bits per heavy atom. The van der Waals surface area contributed by atoms with Crippen LogP contribution in [0.25, 0.3) is 0 Å². The molecule has 0 saturated carbocycles. The normalized spacial score (nSPS) is 17.9. The first-order valence-corrected chi connectivity index (χ1v) is 7.93. The van der Waals surface area contributed by atoms with E-state index < -0.39 is 5.97 Å². The van der Waals surface area contributed by atoms with Crippen molar-refractivity contribution in [2.75, 3.05) is 13.1 Å². The fraction of sp³-hybridized carbons (Fsp3) is 0.500. The van der Waals surface area contributed by atoms with Gasteiger partial charge in [0, 0.05) is 25.2 Å². The van der Waals surface area contributed by atoms with E-state index in [9.17, 15) is 9.59 Å². The first kappa shape index (κ1) is 16.2. The van der Waals surface area contributed by atoms with Gasteiger partial charge in [-0.15, -0.1) is 0 Å². The molecule has 1 atom stereocenters. The summed E-state index contributed by atoms with van der Waals surface area (Å²) in [5, 5.41) is 17.0. The summed E-state index contributed by atoms with van der Waals surface area (Å²) in [5.74, 6) is -0.354. The van der Waals surface area contributed by atoms with E-state index in [0.29, 0.717) is 30.1 Å². The molecule has 2 aromatic heterocycles. The average Bonchev–Trinajstić information content (AvgIpc) is 3.13. The zero-order valence-corrected chi connectivity index (χ0v) is 13.7. The lowest BCUT2D eigenvalue weighted by Crippen LogP contribution is -2.39. The van der Waals surface area contributed by atoms with Crippen molar-refractivity contribution in [3.63, 3.8) is 0 Å². The Hall–Kier alpha value is -2.64. The summed E-state index contributed by atoms with van der Waals surface area (Å²) in [6, 6.07) is 1.83. The number of likely N-dealkylation sites (tertiary alicyclic amines) is 1. The van der Waals surface area contributed by atoms with Crippen LogP contribution in [-0.4, -0.2) is 49.9 Å². The van der Waals surface area contributed by atoms with Crippen LogP contribution in [0, 0.1) is 13.8 Å². The molecular weight excluding hydrogens is 312 g/mol. The maximum Gasteiger partial charge on any atom is 0.325 e. The molecule has 2 aromatic rings. The lowest BCUT2D eigenvalue weighted by molar-refractivity contribution is -0.137. The van der Waals surface area contributed by atoms with E-state index in [4.69, 9.17) is 9.63 Å². The summed E-state index contributed by atoms with van der Waals surface area (Å²) < 4.78 is 6.50. The molecule has 1 unspecified atom stereocenters. The second kappa shape index (κ2) is 6.46. The van der Waals surface area contributed by atoms with Gasteiger partial charge in [0.05, 0.1) is 11.4 Å². The Labute approximate surface area is 139 Å². The molecule has 8 heteroatoms. The largest absolute Gasteiger partial charge is 0.480 e. The van der Waals surface area contributed by atoms with Crippen LogP contribution in [0.1, 0.15) is 46.3 Å². The number of nitrogens with zero attached hydrogens (tertiary/aromatic N) is 4. The quantitative estimate of drug-likeness (QED) is 0.912. The fourth-order valence-electron chi connectivity index (χ4n) is 3.17. The van der Waals surface area contributed by atoms with Crippen LogP contribution in [0.3, 0.4) is 0 Å². The predicted octanol–water partition coefficient (Wildman–Crippen LogP) is 1.59. The van der Waals surface area contributed by atoms with Gasteiger partial charge in [-0.05, 0) is 32.8 Å². The molecule has 0 bridgehead atoms. The second-order valence-corrected chi connectivity index (χ2v) is 6.12. The van der Waals surface area contributed by atoms with Gasteiger partial charge in [-0.1, -0.05) is 5.16 Å². The van der Waals surface area contributed by atoms with Gasteiger partial charge >= 0.3 is 5.97 Å². The van der Waals surface area contributed by atoms with Gasteiger partial charge in [0.15, 0.2) is 0 Å². The molecule has 1 fully saturated rings. The summed E-state index contributed by atoms with van der Waals surface area (Å²) in [4.78, 5) is 25.3. The number of carbonyl (C=O) groups excluding carboxylic acids is 1. The highest BCUT2D eigenvalue weighted by molar-refractivity contribution is 5.96. The fourth-order valence-corrected chi connectivity index (χ4v) is 3.17. The lowest BCUT2D eigenvalue weighted by Gasteiger charge is -2.32. The van der Waals surface area contributed by atoms with E-state index in [-0.39, 0.29) is 18.4 Å². The van der Waals surface area contributed by atoms with Crippen LogP contribution in [-0.2, 0) is 11.3 Å². The molecule has 0 radical (unpaired) electrons. The monoisotopic (exact) mass is 332 g/mol. The number of aryl methyl sites for hydroxylation is 2. The minimum absolute atomic E-state index is 0.0686. The molecular formula is C16H20N4O4. The Balaban J connectivity index is 1.73. The Bertz CT molecular complexity index is 744. The van der Waals surface area contributed by atoms with Crippen molar-refractivity contribution < 1.29 is 19.2 Å². The van der Waals surface area contributed by atoms with E-state index in [1.54, 1.807) is 24.9 Å². The molecule has 3 rings (SSSR count). The molecule has 1 aliphatic heterocycles. The third-order valence-corrected chi connectivity index (χ3v) is 4.33. The standard InChI is InChI=1S/C16H20N4O4/c1-10-15(11(2)24-18-10)16(23)19-6-3-4-12(8-19)13-5-7-20(17-13)9-14(21)22/h5,7,12H,3-4,6,8-9H2,1-2H3,(H,21,22). The summed E-state index contributed by atoms with van der Waals surface area (Å²) >= 11 is 0. The van der Waals surface area contributed by atoms with Crippen LogP contribution in [0.5, 0.6) is 0 Å². The first-order chi connectivity index (χ1) is 11.5. The van der Waals surface area contributed by atoms with Crippen molar-refractivity contribution >= 4 is 11.9 Å². The number of amides is 1. The number of rotatable bonds is 4. The van der Waals surface area contributed by atoms with Gasteiger partial charge in [0.1, 0.15) is 17.9 Å². The SMILES string of the molecule is Cc1noc(C)c1C(=O)N1CCCC(c2ccn(CC(=O)O)n2)C1. The van der Waals surface area contributed by atoms with Gasteiger partial charge < -0.3 is 14.5 Å². The van der Waals surface area contributed by atoms with Crippen molar-refractivity contribution in [2.45, 2.75) is 39.2 Å². The summed E-state index contributed by atoms with van der Waals surface area (Å²) in [6.07, 6.45) is 3.47.